The Bertz CT molecular complexity index is 1180. The van der Waals surface area contributed by atoms with Crippen molar-refractivity contribution in [2.45, 2.75) is 19.0 Å². The lowest BCUT2D eigenvalue weighted by molar-refractivity contribution is 0.482. The van der Waals surface area contributed by atoms with Crippen LogP contribution in [-0.2, 0) is 0 Å². The van der Waals surface area contributed by atoms with Gasteiger partial charge in [0.1, 0.15) is 11.5 Å². The normalized spacial score (nSPS) is 18.1. The van der Waals surface area contributed by atoms with Crippen molar-refractivity contribution in [1.29, 1.82) is 0 Å². The van der Waals surface area contributed by atoms with E-state index in [1.807, 2.05) is 60.8 Å². The summed E-state index contributed by atoms with van der Waals surface area (Å²) in [5, 5.41) is 6.34. The zero-order valence-corrected chi connectivity index (χ0v) is 18.6. The predicted molar refractivity (Wildman–Crippen MR) is 130 cm³/mol. The number of hydrogen-bond acceptors (Lipinski definition) is 4. The van der Waals surface area contributed by atoms with Gasteiger partial charge in [0.15, 0.2) is 5.11 Å². The lowest BCUT2D eigenvalue weighted by Gasteiger charge is -2.27. The van der Waals surface area contributed by atoms with Crippen molar-refractivity contribution >= 4 is 34.4 Å². The summed E-state index contributed by atoms with van der Waals surface area (Å²) in [6.45, 7) is 2.15. The van der Waals surface area contributed by atoms with Gasteiger partial charge in [-0.2, -0.15) is 0 Å². The second-order valence-corrected chi connectivity index (χ2v) is 8.71. The van der Waals surface area contributed by atoms with Gasteiger partial charge in [0.2, 0.25) is 0 Å². The van der Waals surface area contributed by atoms with Gasteiger partial charge in [0, 0.05) is 16.8 Å². The maximum atomic E-state index is 5.96. The number of nitrogens with zero attached hydrogens (tertiary/aromatic N) is 2. The van der Waals surface area contributed by atoms with Crippen LogP contribution in [0.3, 0.4) is 0 Å². The number of benzene rings is 2. The topological polar surface area (TPSA) is 37.4 Å². The molecule has 6 heteroatoms. The second kappa shape index (κ2) is 8.49. The Morgan fingerprint density at radius 3 is 2.35 bits per heavy atom. The Kier molecular flexibility index (Phi) is 5.40. The van der Waals surface area contributed by atoms with Crippen LogP contribution < -0.4 is 15.0 Å². The molecule has 1 aliphatic heterocycles. The first-order valence-corrected chi connectivity index (χ1v) is 11.4. The van der Waals surface area contributed by atoms with E-state index in [4.69, 9.17) is 17.0 Å². The molecule has 1 aliphatic rings. The van der Waals surface area contributed by atoms with Gasteiger partial charge in [0.05, 0.1) is 17.8 Å². The fraction of sp³-hybridized carbons (Fsp3) is 0.120. The highest BCUT2D eigenvalue weighted by Crippen LogP contribution is 2.44. The van der Waals surface area contributed by atoms with Crippen LogP contribution >= 0.6 is 23.6 Å². The molecule has 0 amide bonds. The number of ether oxygens (including phenoxy) is 1. The van der Waals surface area contributed by atoms with E-state index in [0.717, 1.165) is 22.9 Å². The molecular weight excluding hydrogens is 422 g/mol. The Morgan fingerprint density at radius 2 is 1.68 bits per heavy atom. The Hall–Kier alpha value is -3.22. The van der Waals surface area contributed by atoms with E-state index < -0.39 is 0 Å². The van der Waals surface area contributed by atoms with Crippen LogP contribution in [0.15, 0.2) is 90.4 Å². The third-order valence-electron chi connectivity index (χ3n) is 5.36. The van der Waals surface area contributed by atoms with Crippen molar-refractivity contribution in [2.24, 2.45) is 0 Å². The molecule has 2 aromatic carbocycles. The highest BCUT2D eigenvalue weighted by molar-refractivity contribution is 7.80. The van der Waals surface area contributed by atoms with Gasteiger partial charge in [-0.3, -0.25) is 4.98 Å². The van der Waals surface area contributed by atoms with Crippen molar-refractivity contribution < 1.29 is 4.74 Å². The van der Waals surface area contributed by atoms with Crippen LogP contribution in [0, 0.1) is 6.92 Å². The third kappa shape index (κ3) is 3.92. The number of para-hydroxylation sites is 1. The van der Waals surface area contributed by atoms with Crippen molar-refractivity contribution in [3.63, 3.8) is 0 Å². The zero-order valence-electron chi connectivity index (χ0n) is 16.9. The van der Waals surface area contributed by atoms with Crippen molar-refractivity contribution in [1.82, 2.24) is 10.3 Å². The minimum atomic E-state index is -0.0219. The maximum Gasteiger partial charge on any atom is 0.174 e. The first-order valence-electron chi connectivity index (χ1n) is 10.1. The Balaban J connectivity index is 1.49. The summed E-state index contributed by atoms with van der Waals surface area (Å²) in [4.78, 5) is 8.09. The standard InChI is InChI=1S/C25H21N3OS2/c1-17-14-16-31-24(17)23-22(21-9-5-6-15-26-21)27-25(30)28(23)18-10-12-20(13-11-18)29-19-7-3-2-4-8-19/h2-16,22-23H,1H3,(H,27,30)/t22-,23-/m1/s1. The summed E-state index contributed by atoms with van der Waals surface area (Å²) in [5.41, 5.74) is 3.26. The lowest BCUT2D eigenvalue weighted by atomic mass is 10.0. The maximum absolute atomic E-state index is 5.96. The van der Waals surface area contributed by atoms with Crippen LogP contribution in [0.4, 0.5) is 5.69 Å². The average Bonchev–Trinajstić information content (AvgIpc) is 3.38. The number of nitrogens with one attached hydrogen (secondary N) is 1. The summed E-state index contributed by atoms with van der Waals surface area (Å²) >= 11 is 7.55. The van der Waals surface area contributed by atoms with E-state index in [1.54, 1.807) is 11.3 Å². The first-order chi connectivity index (χ1) is 15.2. The van der Waals surface area contributed by atoms with Crippen molar-refractivity contribution in [3.8, 4) is 11.5 Å². The van der Waals surface area contributed by atoms with Gasteiger partial charge in [-0.05, 0) is 84.7 Å². The molecule has 31 heavy (non-hydrogen) atoms. The minimum Gasteiger partial charge on any atom is -0.457 e. The molecule has 0 radical (unpaired) electrons. The van der Waals surface area contributed by atoms with Gasteiger partial charge in [-0.15, -0.1) is 11.3 Å². The summed E-state index contributed by atoms with van der Waals surface area (Å²) in [7, 11) is 0. The average molecular weight is 444 g/mol. The molecule has 3 heterocycles. The quantitative estimate of drug-likeness (QED) is 0.360. The van der Waals surface area contributed by atoms with Gasteiger partial charge in [-0.1, -0.05) is 24.3 Å². The molecule has 4 aromatic rings. The Morgan fingerprint density at radius 1 is 0.935 bits per heavy atom. The van der Waals surface area contributed by atoms with E-state index in [0.29, 0.717) is 5.11 Å². The zero-order chi connectivity index (χ0) is 21.2. The van der Waals surface area contributed by atoms with Gasteiger partial charge >= 0.3 is 0 Å². The molecule has 2 aromatic heterocycles. The summed E-state index contributed by atoms with van der Waals surface area (Å²) in [5.74, 6) is 1.61. The number of rotatable bonds is 5. The summed E-state index contributed by atoms with van der Waals surface area (Å²) in [6, 6.07) is 26.0. The molecule has 154 valence electrons. The third-order valence-corrected chi connectivity index (χ3v) is 6.77. The molecule has 0 bridgehead atoms. The number of thiocarbonyl (C=S) groups is 1. The van der Waals surface area contributed by atoms with Gasteiger partial charge in [-0.25, -0.2) is 0 Å². The molecule has 1 N–H and O–H groups in total. The molecule has 0 unspecified atom stereocenters. The Labute approximate surface area is 191 Å². The fourth-order valence-corrected chi connectivity index (χ4v) is 5.29. The molecular formula is C25H21N3OS2. The van der Waals surface area contributed by atoms with E-state index in [2.05, 4.69) is 51.8 Å². The smallest absolute Gasteiger partial charge is 0.174 e. The van der Waals surface area contributed by atoms with E-state index >= 15 is 0 Å². The van der Waals surface area contributed by atoms with Gasteiger partial charge in [0.25, 0.3) is 0 Å². The summed E-state index contributed by atoms with van der Waals surface area (Å²) < 4.78 is 5.96. The first kappa shape index (κ1) is 19.7. The molecule has 1 fully saturated rings. The minimum absolute atomic E-state index is 0.0219. The highest BCUT2D eigenvalue weighted by Gasteiger charge is 2.41. The molecule has 0 aliphatic carbocycles. The number of thiophene rings is 1. The number of aromatic nitrogens is 1. The molecule has 2 atom stereocenters. The van der Waals surface area contributed by atoms with Crippen LogP contribution in [0.2, 0.25) is 0 Å². The van der Waals surface area contributed by atoms with Crippen LogP contribution in [0.25, 0.3) is 0 Å². The largest absolute Gasteiger partial charge is 0.457 e. The number of hydrogen-bond donors (Lipinski definition) is 1. The predicted octanol–water partition coefficient (Wildman–Crippen LogP) is 6.42. The summed E-state index contributed by atoms with van der Waals surface area (Å²) in [6.07, 6.45) is 1.83. The second-order valence-electron chi connectivity index (χ2n) is 7.37. The van der Waals surface area contributed by atoms with Gasteiger partial charge < -0.3 is 15.0 Å². The lowest BCUT2D eigenvalue weighted by Crippen LogP contribution is -2.29. The molecule has 1 saturated heterocycles. The molecule has 5 rings (SSSR count). The van der Waals surface area contributed by atoms with Crippen LogP contribution in [-0.4, -0.2) is 10.1 Å². The van der Waals surface area contributed by atoms with Crippen molar-refractivity contribution in [3.05, 3.63) is 107 Å². The van der Waals surface area contributed by atoms with Crippen LogP contribution in [0.5, 0.6) is 11.5 Å². The van der Waals surface area contributed by atoms with Crippen molar-refractivity contribution in [2.75, 3.05) is 4.90 Å². The monoisotopic (exact) mass is 443 g/mol. The molecule has 4 nitrogen and oxygen atoms in total. The highest BCUT2D eigenvalue weighted by atomic mass is 32.1. The number of pyridine rings is 1. The number of anilines is 1. The SMILES string of the molecule is Cc1ccsc1[C@H]1[C@@H](c2ccccn2)NC(=S)N1c1ccc(Oc2ccccc2)cc1. The molecule has 0 spiro atoms. The fourth-order valence-electron chi connectivity index (χ4n) is 3.89. The van der Waals surface area contributed by atoms with E-state index in [9.17, 15) is 0 Å². The van der Waals surface area contributed by atoms with E-state index in [-0.39, 0.29) is 12.1 Å². The number of aryl methyl sites for hydroxylation is 1. The van der Waals surface area contributed by atoms with Crippen LogP contribution in [0.1, 0.15) is 28.2 Å². The van der Waals surface area contributed by atoms with E-state index in [1.165, 1.54) is 10.4 Å². The molecule has 0 saturated carbocycles.